The minimum atomic E-state index is 0.106. The van der Waals surface area contributed by atoms with Gasteiger partial charge in [0.2, 0.25) is 5.91 Å². The van der Waals surface area contributed by atoms with Crippen LogP contribution in [0.25, 0.3) is 0 Å². The van der Waals surface area contributed by atoms with Gasteiger partial charge in [-0.05, 0) is 19.4 Å². The second kappa shape index (κ2) is 7.06. The Labute approximate surface area is 96.4 Å². The molecule has 1 rings (SSSR count). The summed E-state index contributed by atoms with van der Waals surface area (Å²) in [6, 6.07) is 2.17. The molecule has 0 aliphatic rings. The topological polar surface area (TPSA) is 54.3 Å². The molecule has 0 aliphatic carbocycles. The van der Waals surface area contributed by atoms with E-state index in [-0.39, 0.29) is 11.9 Å². The highest BCUT2D eigenvalue weighted by Gasteiger charge is 2.04. The van der Waals surface area contributed by atoms with Crippen LogP contribution >= 0.6 is 0 Å². The average molecular weight is 224 g/mol. The lowest BCUT2D eigenvalue weighted by Crippen LogP contribution is -2.33. The van der Waals surface area contributed by atoms with Gasteiger partial charge in [0.15, 0.2) is 0 Å². The standard InChI is InChI=1S/C12H20N2O2/c1-3-10(2)14-12(15)4-6-13-8-11-5-7-16-9-11/h5,7,9-10,13H,3-4,6,8H2,1-2H3,(H,14,15). The number of hydrogen-bond donors (Lipinski definition) is 2. The van der Waals surface area contributed by atoms with Crippen molar-refractivity contribution in [1.29, 1.82) is 0 Å². The van der Waals surface area contributed by atoms with Crippen LogP contribution in [0.2, 0.25) is 0 Å². The zero-order valence-electron chi connectivity index (χ0n) is 9.95. The Bertz CT molecular complexity index is 296. The minimum Gasteiger partial charge on any atom is -0.472 e. The molecule has 1 unspecified atom stereocenters. The van der Waals surface area contributed by atoms with E-state index >= 15 is 0 Å². The number of nitrogens with one attached hydrogen (secondary N) is 2. The molecule has 0 radical (unpaired) electrons. The first-order chi connectivity index (χ1) is 7.72. The molecule has 0 fully saturated rings. The van der Waals surface area contributed by atoms with Crippen LogP contribution in [0.5, 0.6) is 0 Å². The van der Waals surface area contributed by atoms with Crippen molar-refractivity contribution >= 4 is 5.91 Å². The number of amides is 1. The molecule has 0 saturated carbocycles. The Morgan fingerprint density at radius 1 is 1.56 bits per heavy atom. The van der Waals surface area contributed by atoms with Crippen molar-refractivity contribution < 1.29 is 9.21 Å². The van der Waals surface area contributed by atoms with Gasteiger partial charge in [0.1, 0.15) is 0 Å². The van der Waals surface area contributed by atoms with E-state index in [9.17, 15) is 4.79 Å². The lowest BCUT2D eigenvalue weighted by atomic mass is 10.2. The highest BCUT2D eigenvalue weighted by molar-refractivity contribution is 5.76. The predicted octanol–water partition coefficient (Wildman–Crippen LogP) is 1.67. The van der Waals surface area contributed by atoms with Crippen molar-refractivity contribution in [1.82, 2.24) is 10.6 Å². The summed E-state index contributed by atoms with van der Waals surface area (Å²) in [5, 5.41) is 6.11. The fraction of sp³-hybridized carbons (Fsp3) is 0.583. The number of hydrogen-bond acceptors (Lipinski definition) is 3. The molecule has 4 nitrogen and oxygen atoms in total. The highest BCUT2D eigenvalue weighted by atomic mass is 16.3. The normalized spacial score (nSPS) is 12.4. The smallest absolute Gasteiger partial charge is 0.221 e. The second-order valence-corrected chi connectivity index (χ2v) is 3.94. The van der Waals surface area contributed by atoms with Crippen molar-refractivity contribution in [3.05, 3.63) is 24.2 Å². The summed E-state index contributed by atoms with van der Waals surface area (Å²) in [4.78, 5) is 11.4. The van der Waals surface area contributed by atoms with E-state index in [2.05, 4.69) is 17.6 Å². The number of furan rings is 1. The van der Waals surface area contributed by atoms with Gasteiger partial charge in [-0.1, -0.05) is 6.92 Å². The molecule has 1 amide bonds. The Morgan fingerprint density at radius 2 is 2.38 bits per heavy atom. The van der Waals surface area contributed by atoms with Gasteiger partial charge in [0, 0.05) is 31.1 Å². The summed E-state index contributed by atoms with van der Waals surface area (Å²) < 4.78 is 4.94. The summed E-state index contributed by atoms with van der Waals surface area (Å²) in [5.74, 6) is 0.106. The molecule has 16 heavy (non-hydrogen) atoms. The molecular formula is C12H20N2O2. The van der Waals surface area contributed by atoms with Crippen molar-refractivity contribution in [3.8, 4) is 0 Å². The van der Waals surface area contributed by atoms with Crippen LogP contribution in [0, 0.1) is 0 Å². The zero-order valence-corrected chi connectivity index (χ0v) is 9.95. The van der Waals surface area contributed by atoms with E-state index in [1.54, 1.807) is 12.5 Å². The monoisotopic (exact) mass is 224 g/mol. The average Bonchev–Trinajstić information content (AvgIpc) is 2.77. The molecule has 0 bridgehead atoms. The van der Waals surface area contributed by atoms with Crippen LogP contribution in [0.15, 0.2) is 23.0 Å². The van der Waals surface area contributed by atoms with Crippen LogP contribution in [0.3, 0.4) is 0 Å². The Hall–Kier alpha value is -1.29. The number of rotatable bonds is 7. The van der Waals surface area contributed by atoms with Gasteiger partial charge >= 0.3 is 0 Å². The summed E-state index contributed by atoms with van der Waals surface area (Å²) in [5.41, 5.74) is 1.10. The van der Waals surface area contributed by atoms with Gasteiger partial charge in [0.05, 0.1) is 12.5 Å². The Kier molecular flexibility index (Phi) is 5.64. The molecule has 1 atom stereocenters. The van der Waals surface area contributed by atoms with E-state index in [0.29, 0.717) is 13.0 Å². The van der Waals surface area contributed by atoms with E-state index in [4.69, 9.17) is 4.42 Å². The predicted molar refractivity (Wildman–Crippen MR) is 62.9 cm³/mol. The molecule has 1 aromatic heterocycles. The maximum absolute atomic E-state index is 11.4. The first kappa shape index (κ1) is 12.8. The first-order valence-corrected chi connectivity index (χ1v) is 5.73. The maximum Gasteiger partial charge on any atom is 0.221 e. The van der Waals surface area contributed by atoms with Crippen LogP contribution in [0.1, 0.15) is 32.3 Å². The third-order valence-corrected chi connectivity index (χ3v) is 2.46. The molecule has 0 aliphatic heterocycles. The van der Waals surface area contributed by atoms with Crippen LogP contribution in [-0.2, 0) is 11.3 Å². The van der Waals surface area contributed by atoms with Gasteiger partial charge < -0.3 is 15.1 Å². The molecule has 1 heterocycles. The molecule has 0 spiro atoms. The quantitative estimate of drug-likeness (QED) is 0.693. The molecule has 90 valence electrons. The molecule has 2 N–H and O–H groups in total. The van der Waals surface area contributed by atoms with Crippen LogP contribution in [0.4, 0.5) is 0 Å². The third-order valence-electron chi connectivity index (χ3n) is 2.46. The summed E-state index contributed by atoms with van der Waals surface area (Å²) in [6.45, 7) is 5.50. The zero-order chi connectivity index (χ0) is 11.8. The third kappa shape index (κ3) is 4.98. The van der Waals surface area contributed by atoms with E-state index in [1.165, 1.54) is 0 Å². The van der Waals surface area contributed by atoms with Crippen molar-refractivity contribution in [2.75, 3.05) is 6.54 Å². The summed E-state index contributed by atoms with van der Waals surface area (Å²) >= 11 is 0. The second-order valence-electron chi connectivity index (χ2n) is 3.94. The van der Waals surface area contributed by atoms with Crippen molar-refractivity contribution in [2.45, 2.75) is 39.3 Å². The van der Waals surface area contributed by atoms with Crippen LogP contribution in [-0.4, -0.2) is 18.5 Å². The summed E-state index contributed by atoms with van der Waals surface area (Å²) in [7, 11) is 0. The SMILES string of the molecule is CCC(C)NC(=O)CCNCc1ccoc1. The van der Waals surface area contributed by atoms with E-state index in [1.807, 2.05) is 13.0 Å². The van der Waals surface area contributed by atoms with Crippen molar-refractivity contribution in [3.63, 3.8) is 0 Å². The van der Waals surface area contributed by atoms with E-state index in [0.717, 1.165) is 18.5 Å². The molecule has 0 saturated heterocycles. The largest absolute Gasteiger partial charge is 0.472 e. The lowest BCUT2D eigenvalue weighted by molar-refractivity contribution is -0.121. The van der Waals surface area contributed by atoms with Crippen molar-refractivity contribution in [2.24, 2.45) is 0 Å². The molecule has 4 heteroatoms. The van der Waals surface area contributed by atoms with Crippen LogP contribution < -0.4 is 10.6 Å². The van der Waals surface area contributed by atoms with Gasteiger partial charge in [-0.25, -0.2) is 0 Å². The summed E-state index contributed by atoms with van der Waals surface area (Å²) in [6.07, 6.45) is 4.83. The Morgan fingerprint density at radius 3 is 3.00 bits per heavy atom. The minimum absolute atomic E-state index is 0.106. The fourth-order valence-corrected chi connectivity index (χ4v) is 1.28. The molecule has 0 aromatic carbocycles. The Balaban J connectivity index is 2.04. The fourth-order valence-electron chi connectivity index (χ4n) is 1.28. The maximum atomic E-state index is 11.4. The van der Waals surface area contributed by atoms with Gasteiger partial charge in [0.25, 0.3) is 0 Å². The molecule has 1 aromatic rings. The van der Waals surface area contributed by atoms with E-state index < -0.39 is 0 Å². The number of carbonyl (C=O) groups excluding carboxylic acids is 1. The highest BCUT2D eigenvalue weighted by Crippen LogP contribution is 1.98. The van der Waals surface area contributed by atoms with Gasteiger partial charge in [-0.2, -0.15) is 0 Å². The van der Waals surface area contributed by atoms with Gasteiger partial charge in [-0.3, -0.25) is 4.79 Å². The lowest BCUT2D eigenvalue weighted by Gasteiger charge is -2.11. The number of carbonyl (C=O) groups is 1. The molecular weight excluding hydrogens is 204 g/mol. The first-order valence-electron chi connectivity index (χ1n) is 5.73. The van der Waals surface area contributed by atoms with Gasteiger partial charge in [-0.15, -0.1) is 0 Å².